The van der Waals surface area contributed by atoms with E-state index in [4.69, 9.17) is 0 Å². The number of esters is 1. The normalized spacial score (nSPS) is 10.5. The Morgan fingerprint density at radius 1 is 1.58 bits per heavy atom. The minimum absolute atomic E-state index is 0.348. The fourth-order valence-corrected chi connectivity index (χ4v) is 0.757. The lowest BCUT2D eigenvalue weighted by molar-refractivity contribution is -0.148. The van der Waals surface area contributed by atoms with Crippen LogP contribution in [0.15, 0.2) is 12.8 Å². The molecule has 0 saturated heterocycles. The third kappa shape index (κ3) is 3.32. The second-order valence-electron chi connectivity index (χ2n) is 3.16. The van der Waals surface area contributed by atoms with Gasteiger partial charge in [0, 0.05) is 6.42 Å². The molecule has 0 radical (unpaired) electrons. The van der Waals surface area contributed by atoms with E-state index in [1.54, 1.807) is 13.8 Å². The molecule has 0 heterocycles. The monoisotopic (exact) mass is 170 g/mol. The zero-order valence-corrected chi connectivity index (χ0v) is 7.50. The lowest BCUT2D eigenvalue weighted by atomic mass is 9.88. The standard InChI is InChI=1S/C9H14O3/c1-4-12-8(11)9(2,3)6-5-7-10/h4,7H,1,5-6H2,2-3H3. The van der Waals surface area contributed by atoms with Crippen molar-refractivity contribution in [2.24, 2.45) is 5.41 Å². The maximum absolute atomic E-state index is 11.2. The summed E-state index contributed by atoms with van der Waals surface area (Å²) in [7, 11) is 0. The summed E-state index contributed by atoms with van der Waals surface area (Å²) in [6, 6.07) is 0. The average molecular weight is 170 g/mol. The molecule has 0 saturated carbocycles. The van der Waals surface area contributed by atoms with Crippen LogP contribution in [0.1, 0.15) is 26.7 Å². The SMILES string of the molecule is C=COC(=O)C(C)(C)CCC=O. The van der Waals surface area contributed by atoms with Crippen molar-refractivity contribution in [3.05, 3.63) is 12.8 Å². The third-order valence-electron chi connectivity index (χ3n) is 1.63. The predicted octanol–water partition coefficient (Wildman–Crippen LogP) is 1.68. The number of aldehydes is 1. The molecule has 0 aromatic carbocycles. The molecule has 68 valence electrons. The van der Waals surface area contributed by atoms with Crippen LogP contribution in [0.3, 0.4) is 0 Å². The molecule has 3 heteroatoms. The van der Waals surface area contributed by atoms with Crippen molar-refractivity contribution in [2.45, 2.75) is 26.7 Å². The van der Waals surface area contributed by atoms with Gasteiger partial charge >= 0.3 is 5.97 Å². The summed E-state index contributed by atoms with van der Waals surface area (Å²) in [5, 5.41) is 0. The molecule has 0 rings (SSSR count). The molecule has 0 aromatic rings. The van der Waals surface area contributed by atoms with Crippen LogP contribution in [-0.2, 0) is 14.3 Å². The molecular formula is C9H14O3. The number of rotatable bonds is 5. The zero-order valence-electron chi connectivity index (χ0n) is 7.50. The molecule has 0 aliphatic rings. The Morgan fingerprint density at radius 2 is 2.17 bits per heavy atom. The molecule has 0 fully saturated rings. The Bertz CT molecular complexity index is 182. The van der Waals surface area contributed by atoms with E-state index < -0.39 is 5.41 Å². The van der Waals surface area contributed by atoms with Crippen LogP contribution >= 0.6 is 0 Å². The fraction of sp³-hybridized carbons (Fsp3) is 0.556. The molecule has 0 amide bonds. The molecule has 0 N–H and O–H groups in total. The van der Waals surface area contributed by atoms with Gasteiger partial charge in [0.1, 0.15) is 6.29 Å². The second-order valence-corrected chi connectivity index (χ2v) is 3.16. The van der Waals surface area contributed by atoms with Gasteiger partial charge in [0.25, 0.3) is 0 Å². The van der Waals surface area contributed by atoms with Gasteiger partial charge in [0.15, 0.2) is 0 Å². The van der Waals surface area contributed by atoms with Crippen molar-refractivity contribution < 1.29 is 14.3 Å². The lowest BCUT2D eigenvalue weighted by Gasteiger charge is -2.19. The molecule has 0 aliphatic heterocycles. The maximum Gasteiger partial charge on any atom is 0.316 e. The Hall–Kier alpha value is -1.12. The highest BCUT2D eigenvalue weighted by molar-refractivity contribution is 5.76. The van der Waals surface area contributed by atoms with Crippen LogP contribution in [-0.4, -0.2) is 12.3 Å². The average Bonchev–Trinajstić information content (AvgIpc) is 2.01. The van der Waals surface area contributed by atoms with Gasteiger partial charge in [-0.2, -0.15) is 0 Å². The number of carbonyl (C=O) groups excluding carboxylic acids is 2. The molecule has 0 bridgehead atoms. The van der Waals surface area contributed by atoms with Gasteiger partial charge in [-0.05, 0) is 20.3 Å². The molecule has 0 spiro atoms. The Kier molecular flexibility index (Phi) is 4.26. The van der Waals surface area contributed by atoms with Crippen molar-refractivity contribution in [3.8, 4) is 0 Å². The molecule has 0 unspecified atom stereocenters. The van der Waals surface area contributed by atoms with Gasteiger partial charge in [-0.25, -0.2) is 0 Å². The molecular weight excluding hydrogens is 156 g/mol. The van der Waals surface area contributed by atoms with Gasteiger partial charge in [-0.3, -0.25) is 4.79 Å². The fourth-order valence-electron chi connectivity index (χ4n) is 0.757. The summed E-state index contributed by atoms with van der Waals surface area (Å²) in [4.78, 5) is 21.2. The van der Waals surface area contributed by atoms with E-state index in [9.17, 15) is 9.59 Å². The van der Waals surface area contributed by atoms with Gasteiger partial charge in [-0.1, -0.05) is 6.58 Å². The number of hydrogen-bond donors (Lipinski definition) is 0. The van der Waals surface area contributed by atoms with E-state index in [0.29, 0.717) is 12.8 Å². The van der Waals surface area contributed by atoms with Gasteiger partial charge in [-0.15, -0.1) is 0 Å². The van der Waals surface area contributed by atoms with Crippen LogP contribution in [0.4, 0.5) is 0 Å². The summed E-state index contributed by atoms with van der Waals surface area (Å²) >= 11 is 0. The third-order valence-corrected chi connectivity index (χ3v) is 1.63. The van der Waals surface area contributed by atoms with E-state index in [1.165, 1.54) is 0 Å². The number of carbonyl (C=O) groups is 2. The van der Waals surface area contributed by atoms with Gasteiger partial charge < -0.3 is 9.53 Å². The molecule has 12 heavy (non-hydrogen) atoms. The Labute approximate surface area is 72.4 Å². The van der Waals surface area contributed by atoms with Crippen molar-refractivity contribution in [2.75, 3.05) is 0 Å². The summed E-state index contributed by atoms with van der Waals surface area (Å²) in [5.74, 6) is -0.348. The highest BCUT2D eigenvalue weighted by Crippen LogP contribution is 2.23. The van der Waals surface area contributed by atoms with Gasteiger partial charge in [0.2, 0.25) is 0 Å². The summed E-state index contributed by atoms with van der Waals surface area (Å²) in [6.45, 7) is 6.76. The summed E-state index contributed by atoms with van der Waals surface area (Å²) in [6.07, 6.45) is 2.77. The van der Waals surface area contributed by atoms with Crippen LogP contribution < -0.4 is 0 Å². The zero-order chi connectivity index (χ0) is 9.61. The summed E-state index contributed by atoms with van der Waals surface area (Å²) in [5.41, 5.74) is -0.602. The van der Waals surface area contributed by atoms with Gasteiger partial charge in [0.05, 0.1) is 11.7 Å². The first kappa shape index (κ1) is 10.9. The van der Waals surface area contributed by atoms with Crippen molar-refractivity contribution in [1.29, 1.82) is 0 Å². The minimum atomic E-state index is -0.602. The predicted molar refractivity (Wildman–Crippen MR) is 45.4 cm³/mol. The van der Waals surface area contributed by atoms with E-state index in [-0.39, 0.29) is 5.97 Å². The van der Waals surface area contributed by atoms with Crippen molar-refractivity contribution >= 4 is 12.3 Å². The summed E-state index contributed by atoms with van der Waals surface area (Å²) < 4.78 is 4.61. The maximum atomic E-state index is 11.2. The van der Waals surface area contributed by atoms with Crippen LogP contribution in [0.5, 0.6) is 0 Å². The lowest BCUT2D eigenvalue weighted by Crippen LogP contribution is -2.25. The largest absolute Gasteiger partial charge is 0.435 e. The van der Waals surface area contributed by atoms with E-state index >= 15 is 0 Å². The molecule has 3 nitrogen and oxygen atoms in total. The highest BCUT2D eigenvalue weighted by atomic mass is 16.5. The highest BCUT2D eigenvalue weighted by Gasteiger charge is 2.28. The molecule has 0 aromatic heterocycles. The number of ether oxygens (including phenoxy) is 1. The Morgan fingerprint density at radius 3 is 2.58 bits per heavy atom. The minimum Gasteiger partial charge on any atom is -0.435 e. The molecule has 0 aliphatic carbocycles. The first-order chi connectivity index (χ1) is 5.54. The second kappa shape index (κ2) is 4.70. The first-order valence-corrected chi connectivity index (χ1v) is 3.80. The topological polar surface area (TPSA) is 43.4 Å². The van der Waals surface area contributed by atoms with E-state index in [0.717, 1.165) is 12.5 Å². The van der Waals surface area contributed by atoms with Crippen molar-refractivity contribution in [1.82, 2.24) is 0 Å². The van der Waals surface area contributed by atoms with E-state index in [1.807, 2.05) is 0 Å². The number of hydrogen-bond acceptors (Lipinski definition) is 3. The Balaban J connectivity index is 4.07. The first-order valence-electron chi connectivity index (χ1n) is 3.80. The van der Waals surface area contributed by atoms with Crippen molar-refractivity contribution in [3.63, 3.8) is 0 Å². The quantitative estimate of drug-likeness (QED) is 0.358. The smallest absolute Gasteiger partial charge is 0.316 e. The van der Waals surface area contributed by atoms with Crippen LogP contribution in [0.2, 0.25) is 0 Å². The van der Waals surface area contributed by atoms with Crippen LogP contribution in [0, 0.1) is 5.41 Å². The molecule has 0 atom stereocenters. The van der Waals surface area contributed by atoms with E-state index in [2.05, 4.69) is 11.3 Å². The van der Waals surface area contributed by atoms with Crippen LogP contribution in [0.25, 0.3) is 0 Å².